The quantitative estimate of drug-likeness (QED) is 0.577. The zero-order valence-corrected chi connectivity index (χ0v) is 7.84. The van der Waals surface area contributed by atoms with Crippen molar-refractivity contribution in [2.75, 3.05) is 6.61 Å². The second-order valence-corrected chi connectivity index (χ2v) is 4.63. The summed E-state index contributed by atoms with van der Waals surface area (Å²) in [6.45, 7) is 0.356. The average Bonchev–Trinajstić information content (AvgIpc) is 2.33. The second-order valence-electron chi connectivity index (χ2n) is 3.33. The fourth-order valence-electron chi connectivity index (χ4n) is 1.93. The summed E-state index contributed by atoms with van der Waals surface area (Å²) in [5.74, 6) is 0.507. The van der Waals surface area contributed by atoms with Gasteiger partial charge in [-0.3, -0.25) is 4.79 Å². The molecule has 1 saturated heterocycles. The molecule has 0 aromatic rings. The van der Waals surface area contributed by atoms with Gasteiger partial charge in [0.05, 0.1) is 6.10 Å². The van der Waals surface area contributed by atoms with E-state index >= 15 is 0 Å². The van der Waals surface area contributed by atoms with Gasteiger partial charge in [0, 0.05) is 10.7 Å². The smallest absolute Gasteiger partial charge is 0.164 e. The molecule has 0 bridgehead atoms. The van der Waals surface area contributed by atoms with Crippen LogP contribution in [0.25, 0.3) is 0 Å². The minimum Gasteiger partial charge on any atom is -0.370 e. The molecule has 62 valence electrons. The first kappa shape index (κ1) is 7.74. The van der Waals surface area contributed by atoms with Crippen LogP contribution in [0.3, 0.4) is 0 Å². The molecule has 2 fully saturated rings. The van der Waals surface area contributed by atoms with Crippen molar-refractivity contribution in [2.45, 2.75) is 30.2 Å². The van der Waals surface area contributed by atoms with Gasteiger partial charge in [0.15, 0.2) is 5.78 Å². The zero-order chi connectivity index (χ0) is 7.84. The van der Waals surface area contributed by atoms with Crippen LogP contribution in [0, 0.1) is 5.92 Å². The predicted molar refractivity (Wildman–Crippen MR) is 44.8 cm³/mol. The third kappa shape index (κ3) is 1.36. The van der Waals surface area contributed by atoms with Crippen molar-refractivity contribution in [1.82, 2.24) is 0 Å². The van der Waals surface area contributed by atoms with Gasteiger partial charge in [-0.25, -0.2) is 0 Å². The van der Waals surface area contributed by atoms with Crippen molar-refractivity contribution in [2.24, 2.45) is 5.92 Å². The number of alkyl halides is 1. The molecule has 1 saturated carbocycles. The number of hydrogen-bond donors (Lipinski definition) is 0. The monoisotopic (exact) mass is 218 g/mol. The molecule has 2 nitrogen and oxygen atoms in total. The fraction of sp³-hybridized carbons (Fsp3) is 0.875. The predicted octanol–water partition coefficient (Wildman–Crippen LogP) is 1.52. The summed E-state index contributed by atoms with van der Waals surface area (Å²) in [5.41, 5.74) is 0. The molecular formula is C8H11BrO2. The largest absolute Gasteiger partial charge is 0.370 e. The van der Waals surface area contributed by atoms with Gasteiger partial charge < -0.3 is 4.74 Å². The lowest BCUT2D eigenvalue weighted by Gasteiger charge is -2.25. The van der Waals surface area contributed by atoms with Crippen LogP contribution in [0.1, 0.15) is 19.3 Å². The van der Waals surface area contributed by atoms with Crippen LogP contribution in [0.4, 0.5) is 0 Å². The van der Waals surface area contributed by atoms with E-state index in [1.807, 2.05) is 0 Å². The first-order valence-electron chi connectivity index (χ1n) is 4.06. The Morgan fingerprint density at radius 1 is 1.45 bits per heavy atom. The molecule has 2 aliphatic rings. The Labute approximate surface area is 74.4 Å². The summed E-state index contributed by atoms with van der Waals surface area (Å²) < 4.78 is 5.35. The topological polar surface area (TPSA) is 26.3 Å². The van der Waals surface area contributed by atoms with Gasteiger partial charge in [0.2, 0.25) is 0 Å². The minimum absolute atomic E-state index is 0.202. The minimum atomic E-state index is 0.202. The maximum atomic E-state index is 11.2. The third-order valence-electron chi connectivity index (χ3n) is 2.58. The first-order chi connectivity index (χ1) is 5.27. The number of ether oxygens (including phenoxy) is 1. The number of ketones is 1. The molecule has 1 heterocycles. The van der Waals surface area contributed by atoms with Gasteiger partial charge in [-0.05, 0) is 19.3 Å². The molecule has 0 amide bonds. The Morgan fingerprint density at radius 3 is 3.09 bits per heavy atom. The normalized spacial score (nSPS) is 44.1. The number of rotatable bonds is 0. The molecule has 3 atom stereocenters. The molecule has 0 aromatic carbocycles. The summed E-state index contributed by atoms with van der Waals surface area (Å²) in [7, 11) is 0. The highest BCUT2D eigenvalue weighted by Crippen LogP contribution is 2.35. The third-order valence-corrected chi connectivity index (χ3v) is 3.41. The lowest BCUT2D eigenvalue weighted by molar-refractivity contribution is -0.120. The van der Waals surface area contributed by atoms with E-state index in [-0.39, 0.29) is 12.0 Å². The Balaban J connectivity index is 2.07. The van der Waals surface area contributed by atoms with Gasteiger partial charge in [-0.15, -0.1) is 0 Å². The number of fused-ring (bicyclic) bond motifs is 1. The molecule has 0 radical (unpaired) electrons. The lowest BCUT2D eigenvalue weighted by Crippen LogP contribution is -2.29. The fourth-order valence-corrected chi connectivity index (χ4v) is 2.59. The Kier molecular flexibility index (Phi) is 2.02. The van der Waals surface area contributed by atoms with Crippen molar-refractivity contribution in [3.63, 3.8) is 0 Å². The molecule has 3 heteroatoms. The highest BCUT2D eigenvalue weighted by atomic mass is 79.9. The molecule has 3 unspecified atom stereocenters. The molecule has 0 aromatic heterocycles. The van der Waals surface area contributed by atoms with E-state index in [0.717, 1.165) is 19.3 Å². The van der Waals surface area contributed by atoms with Gasteiger partial charge >= 0.3 is 0 Å². The molecular weight excluding hydrogens is 208 g/mol. The van der Waals surface area contributed by atoms with Crippen molar-refractivity contribution in [1.29, 1.82) is 0 Å². The van der Waals surface area contributed by atoms with E-state index in [4.69, 9.17) is 4.74 Å². The van der Waals surface area contributed by atoms with Crippen molar-refractivity contribution < 1.29 is 9.53 Å². The number of halogens is 1. The van der Waals surface area contributed by atoms with Crippen LogP contribution in [0.5, 0.6) is 0 Å². The standard InChI is InChI=1S/C8H11BrO2/c9-5-1-2-8-6(3-5)7(10)4-11-8/h5-6,8H,1-4H2. The van der Waals surface area contributed by atoms with E-state index in [2.05, 4.69) is 15.9 Å². The molecule has 0 spiro atoms. The van der Waals surface area contributed by atoms with Crippen LogP contribution in [-0.2, 0) is 9.53 Å². The van der Waals surface area contributed by atoms with Gasteiger partial charge in [0.1, 0.15) is 6.61 Å². The molecule has 2 rings (SSSR count). The van der Waals surface area contributed by atoms with Crippen LogP contribution >= 0.6 is 15.9 Å². The number of Topliss-reactive ketones (excluding diaryl/α,β-unsaturated/α-hetero) is 1. The van der Waals surface area contributed by atoms with Gasteiger partial charge in [-0.2, -0.15) is 0 Å². The summed E-state index contributed by atoms with van der Waals surface area (Å²) in [6, 6.07) is 0. The molecule has 1 aliphatic carbocycles. The van der Waals surface area contributed by atoms with Gasteiger partial charge in [0.25, 0.3) is 0 Å². The molecule has 1 aliphatic heterocycles. The van der Waals surface area contributed by atoms with Crippen LogP contribution < -0.4 is 0 Å². The number of hydrogen-bond acceptors (Lipinski definition) is 2. The maximum absolute atomic E-state index is 11.2. The highest BCUT2D eigenvalue weighted by Gasteiger charge is 2.39. The van der Waals surface area contributed by atoms with Crippen molar-refractivity contribution in [3.05, 3.63) is 0 Å². The number of carbonyl (C=O) groups excluding carboxylic acids is 1. The Hall–Kier alpha value is 0.110. The summed E-state index contributed by atoms with van der Waals surface area (Å²) in [5, 5.41) is 0. The van der Waals surface area contributed by atoms with Crippen LogP contribution in [0.15, 0.2) is 0 Å². The zero-order valence-electron chi connectivity index (χ0n) is 6.25. The van der Waals surface area contributed by atoms with Crippen LogP contribution in [0.2, 0.25) is 0 Å². The SMILES string of the molecule is O=C1COC2CCC(Br)CC12. The van der Waals surface area contributed by atoms with E-state index < -0.39 is 0 Å². The molecule has 0 N–H and O–H groups in total. The van der Waals surface area contributed by atoms with E-state index in [9.17, 15) is 4.79 Å². The number of carbonyl (C=O) groups is 1. The van der Waals surface area contributed by atoms with E-state index in [1.165, 1.54) is 0 Å². The van der Waals surface area contributed by atoms with Gasteiger partial charge in [-0.1, -0.05) is 15.9 Å². The summed E-state index contributed by atoms with van der Waals surface area (Å²) >= 11 is 3.54. The Morgan fingerprint density at radius 2 is 2.27 bits per heavy atom. The van der Waals surface area contributed by atoms with Crippen LogP contribution in [-0.4, -0.2) is 23.3 Å². The van der Waals surface area contributed by atoms with E-state index in [1.54, 1.807) is 0 Å². The van der Waals surface area contributed by atoms with Crippen molar-refractivity contribution >= 4 is 21.7 Å². The van der Waals surface area contributed by atoms with Crippen molar-refractivity contribution in [3.8, 4) is 0 Å². The lowest BCUT2D eigenvalue weighted by atomic mass is 9.86. The maximum Gasteiger partial charge on any atom is 0.164 e. The second kappa shape index (κ2) is 2.87. The highest BCUT2D eigenvalue weighted by molar-refractivity contribution is 9.09. The summed E-state index contributed by atoms with van der Waals surface area (Å²) in [6.07, 6.45) is 3.42. The summed E-state index contributed by atoms with van der Waals surface area (Å²) in [4.78, 5) is 11.7. The molecule has 11 heavy (non-hydrogen) atoms. The van der Waals surface area contributed by atoms with E-state index in [0.29, 0.717) is 17.2 Å². The Bertz CT molecular complexity index is 181. The average molecular weight is 219 g/mol. The first-order valence-corrected chi connectivity index (χ1v) is 4.97.